The average molecular weight is 204 g/mol. The molecule has 0 radical (unpaired) electrons. The highest BCUT2D eigenvalue weighted by Gasteiger charge is 2.01. The molecule has 0 spiro atoms. The minimum Gasteiger partial charge on any atom is -0.481 e. The number of aliphatic carboxylic acids is 1. The first kappa shape index (κ1) is 11.1. The highest BCUT2D eigenvalue weighted by molar-refractivity contribution is 5.67. The second-order valence-electron chi connectivity index (χ2n) is 3.21. The molecule has 0 saturated heterocycles. The molecule has 0 amide bonds. The van der Waals surface area contributed by atoms with E-state index in [0.717, 1.165) is 11.3 Å². The Morgan fingerprint density at radius 1 is 1.60 bits per heavy atom. The van der Waals surface area contributed by atoms with Crippen LogP contribution in [0.1, 0.15) is 17.5 Å². The fourth-order valence-electron chi connectivity index (χ4n) is 1.19. The average Bonchev–Trinajstić information content (AvgIpc) is 2.20. The molecule has 0 unspecified atom stereocenters. The van der Waals surface area contributed by atoms with Crippen LogP contribution in [0.3, 0.4) is 0 Å². The van der Waals surface area contributed by atoms with Crippen LogP contribution in [0.15, 0.2) is 18.2 Å². The van der Waals surface area contributed by atoms with Gasteiger partial charge in [-0.3, -0.25) is 4.79 Å². The van der Waals surface area contributed by atoms with Gasteiger partial charge in [-0.15, -0.1) is 0 Å². The second kappa shape index (κ2) is 5.01. The van der Waals surface area contributed by atoms with Crippen molar-refractivity contribution in [2.24, 2.45) is 0 Å². The van der Waals surface area contributed by atoms with Gasteiger partial charge in [0.1, 0.15) is 0 Å². The zero-order chi connectivity index (χ0) is 11.3. The molecule has 0 bridgehead atoms. The van der Waals surface area contributed by atoms with Crippen LogP contribution >= 0.6 is 0 Å². The third-order valence-electron chi connectivity index (χ3n) is 2.02. The van der Waals surface area contributed by atoms with Crippen LogP contribution in [0.2, 0.25) is 0 Å². The molecule has 1 aromatic rings. The molecule has 78 valence electrons. The van der Waals surface area contributed by atoms with Crippen LogP contribution in [-0.2, 0) is 4.79 Å². The van der Waals surface area contributed by atoms with Gasteiger partial charge in [0, 0.05) is 12.2 Å². The van der Waals surface area contributed by atoms with E-state index in [1.807, 2.05) is 19.1 Å². The van der Waals surface area contributed by atoms with Gasteiger partial charge in [-0.1, -0.05) is 6.07 Å². The number of nitriles is 1. The molecule has 0 heterocycles. The summed E-state index contributed by atoms with van der Waals surface area (Å²) in [6, 6.07) is 7.33. The van der Waals surface area contributed by atoms with Gasteiger partial charge in [-0.05, 0) is 24.6 Å². The van der Waals surface area contributed by atoms with Crippen molar-refractivity contribution in [3.63, 3.8) is 0 Å². The van der Waals surface area contributed by atoms with E-state index in [2.05, 4.69) is 5.32 Å². The van der Waals surface area contributed by atoms with E-state index in [-0.39, 0.29) is 6.42 Å². The number of hydrogen-bond donors (Lipinski definition) is 2. The fourth-order valence-corrected chi connectivity index (χ4v) is 1.19. The van der Waals surface area contributed by atoms with E-state index in [1.54, 1.807) is 12.1 Å². The Labute approximate surface area is 88.2 Å². The number of carbonyl (C=O) groups is 1. The van der Waals surface area contributed by atoms with Gasteiger partial charge in [0.15, 0.2) is 0 Å². The Hall–Kier alpha value is -2.02. The third-order valence-corrected chi connectivity index (χ3v) is 2.02. The Morgan fingerprint density at radius 3 is 2.93 bits per heavy atom. The molecular formula is C11H12N2O2. The lowest BCUT2D eigenvalue weighted by Gasteiger charge is -2.08. The lowest BCUT2D eigenvalue weighted by molar-refractivity contribution is -0.136. The number of anilines is 1. The van der Waals surface area contributed by atoms with E-state index in [4.69, 9.17) is 10.4 Å². The van der Waals surface area contributed by atoms with Crippen LogP contribution < -0.4 is 5.32 Å². The monoisotopic (exact) mass is 204 g/mol. The first-order valence-corrected chi connectivity index (χ1v) is 4.60. The van der Waals surface area contributed by atoms with Gasteiger partial charge in [0.2, 0.25) is 0 Å². The van der Waals surface area contributed by atoms with Gasteiger partial charge < -0.3 is 10.4 Å². The SMILES string of the molecule is Cc1ccc(C#N)cc1NCCC(=O)O. The number of hydrogen-bond acceptors (Lipinski definition) is 3. The predicted octanol–water partition coefficient (Wildman–Crippen LogP) is 1.75. The molecule has 0 aromatic heterocycles. The molecule has 1 rings (SSSR count). The molecule has 0 aliphatic carbocycles. The topological polar surface area (TPSA) is 73.1 Å². The number of carboxylic acids is 1. The van der Waals surface area contributed by atoms with Gasteiger partial charge >= 0.3 is 5.97 Å². The first-order chi connectivity index (χ1) is 7.13. The Balaban J connectivity index is 2.68. The molecule has 1 aromatic carbocycles. The van der Waals surface area contributed by atoms with Crippen molar-refractivity contribution < 1.29 is 9.90 Å². The van der Waals surface area contributed by atoms with Gasteiger partial charge in [0.05, 0.1) is 18.1 Å². The van der Waals surface area contributed by atoms with Crippen LogP contribution in [0.5, 0.6) is 0 Å². The molecule has 15 heavy (non-hydrogen) atoms. The number of nitrogens with zero attached hydrogens (tertiary/aromatic N) is 1. The molecule has 0 fully saturated rings. The summed E-state index contributed by atoms with van der Waals surface area (Å²) in [4.78, 5) is 10.3. The minimum absolute atomic E-state index is 0.0657. The van der Waals surface area contributed by atoms with Crippen molar-refractivity contribution in [3.05, 3.63) is 29.3 Å². The molecule has 0 saturated carbocycles. The second-order valence-corrected chi connectivity index (χ2v) is 3.21. The number of aryl methyl sites for hydroxylation is 1. The van der Waals surface area contributed by atoms with E-state index in [0.29, 0.717) is 12.1 Å². The first-order valence-electron chi connectivity index (χ1n) is 4.60. The van der Waals surface area contributed by atoms with Crippen LogP contribution in [0.4, 0.5) is 5.69 Å². The maximum absolute atomic E-state index is 10.3. The summed E-state index contributed by atoms with van der Waals surface area (Å²) in [5, 5.41) is 20.2. The Bertz CT molecular complexity index is 408. The fraction of sp³-hybridized carbons (Fsp3) is 0.273. The lowest BCUT2D eigenvalue weighted by Crippen LogP contribution is -2.08. The molecule has 2 N–H and O–H groups in total. The maximum Gasteiger partial charge on any atom is 0.305 e. The molecule has 0 atom stereocenters. The highest BCUT2D eigenvalue weighted by atomic mass is 16.4. The smallest absolute Gasteiger partial charge is 0.305 e. The number of carboxylic acid groups (broad SMARTS) is 1. The molecule has 4 nitrogen and oxygen atoms in total. The highest BCUT2D eigenvalue weighted by Crippen LogP contribution is 2.16. The summed E-state index contributed by atoms with van der Waals surface area (Å²) in [6.07, 6.45) is 0.0657. The Morgan fingerprint density at radius 2 is 2.33 bits per heavy atom. The van der Waals surface area contributed by atoms with Crippen molar-refractivity contribution in [1.29, 1.82) is 5.26 Å². The van der Waals surface area contributed by atoms with Crippen molar-refractivity contribution >= 4 is 11.7 Å². The summed E-state index contributed by atoms with van der Waals surface area (Å²) in [5.74, 6) is -0.836. The summed E-state index contributed by atoms with van der Waals surface area (Å²) in [6.45, 7) is 2.27. The third kappa shape index (κ3) is 3.31. The van der Waals surface area contributed by atoms with E-state index < -0.39 is 5.97 Å². The van der Waals surface area contributed by atoms with E-state index >= 15 is 0 Å². The standard InChI is InChI=1S/C11H12N2O2/c1-8-2-3-9(7-12)6-10(8)13-5-4-11(14)15/h2-3,6,13H,4-5H2,1H3,(H,14,15). The zero-order valence-electron chi connectivity index (χ0n) is 8.45. The quantitative estimate of drug-likeness (QED) is 0.783. The molecular weight excluding hydrogens is 192 g/mol. The van der Waals surface area contributed by atoms with Crippen LogP contribution in [-0.4, -0.2) is 17.6 Å². The normalized spacial score (nSPS) is 9.33. The molecule has 0 aliphatic rings. The predicted molar refractivity (Wildman–Crippen MR) is 56.6 cm³/mol. The van der Waals surface area contributed by atoms with Crippen molar-refractivity contribution in [2.75, 3.05) is 11.9 Å². The zero-order valence-corrected chi connectivity index (χ0v) is 8.45. The minimum atomic E-state index is -0.836. The molecule has 0 aliphatic heterocycles. The molecule has 4 heteroatoms. The van der Waals surface area contributed by atoms with Crippen molar-refractivity contribution in [2.45, 2.75) is 13.3 Å². The largest absolute Gasteiger partial charge is 0.481 e. The Kier molecular flexibility index (Phi) is 3.69. The summed E-state index contributed by atoms with van der Waals surface area (Å²) in [7, 11) is 0. The lowest BCUT2D eigenvalue weighted by atomic mass is 10.1. The van der Waals surface area contributed by atoms with E-state index in [9.17, 15) is 4.79 Å². The summed E-state index contributed by atoms with van der Waals surface area (Å²) < 4.78 is 0. The van der Waals surface area contributed by atoms with Gasteiger partial charge in [-0.25, -0.2) is 0 Å². The summed E-state index contributed by atoms with van der Waals surface area (Å²) in [5.41, 5.74) is 2.38. The summed E-state index contributed by atoms with van der Waals surface area (Å²) >= 11 is 0. The number of rotatable bonds is 4. The van der Waals surface area contributed by atoms with Gasteiger partial charge in [-0.2, -0.15) is 5.26 Å². The van der Waals surface area contributed by atoms with Gasteiger partial charge in [0.25, 0.3) is 0 Å². The van der Waals surface area contributed by atoms with E-state index in [1.165, 1.54) is 0 Å². The number of nitrogens with one attached hydrogen (secondary N) is 1. The van der Waals surface area contributed by atoms with Crippen molar-refractivity contribution in [1.82, 2.24) is 0 Å². The van der Waals surface area contributed by atoms with Crippen LogP contribution in [0, 0.1) is 18.3 Å². The van der Waals surface area contributed by atoms with Crippen molar-refractivity contribution in [3.8, 4) is 6.07 Å². The number of benzene rings is 1. The maximum atomic E-state index is 10.3. The van der Waals surface area contributed by atoms with Crippen LogP contribution in [0.25, 0.3) is 0 Å².